The number of amides is 2. The van der Waals surface area contributed by atoms with Crippen LogP contribution in [0.15, 0.2) is 46.9 Å². The molecule has 33 heavy (non-hydrogen) atoms. The first-order chi connectivity index (χ1) is 15.7. The molecule has 0 aliphatic carbocycles. The Morgan fingerprint density at radius 3 is 2.24 bits per heavy atom. The maximum atomic E-state index is 13.3. The smallest absolute Gasteiger partial charge is 0.261 e. The number of rotatable bonds is 11. The second-order valence-corrected chi connectivity index (χ2v) is 9.44. The first-order valence-corrected chi connectivity index (χ1v) is 12.1. The van der Waals surface area contributed by atoms with E-state index in [0.29, 0.717) is 24.6 Å². The van der Waals surface area contributed by atoms with E-state index in [4.69, 9.17) is 9.47 Å². The van der Waals surface area contributed by atoms with Crippen LogP contribution in [0.1, 0.15) is 58.1 Å². The summed E-state index contributed by atoms with van der Waals surface area (Å²) >= 11 is 3.54. The lowest BCUT2D eigenvalue weighted by Gasteiger charge is -2.31. The van der Waals surface area contributed by atoms with Crippen molar-refractivity contribution in [3.05, 3.63) is 58.1 Å². The summed E-state index contributed by atoms with van der Waals surface area (Å²) in [7, 11) is 1.61. The van der Waals surface area contributed by atoms with E-state index in [2.05, 4.69) is 35.1 Å². The van der Waals surface area contributed by atoms with Crippen LogP contribution >= 0.6 is 15.9 Å². The number of ether oxygens (including phenoxy) is 2. The Kier molecular flexibility index (Phi) is 10.2. The molecule has 0 radical (unpaired) electrons. The first kappa shape index (κ1) is 26.7. The molecule has 0 aliphatic rings. The van der Waals surface area contributed by atoms with Gasteiger partial charge in [0.15, 0.2) is 6.61 Å². The average molecular weight is 519 g/mol. The van der Waals surface area contributed by atoms with E-state index in [9.17, 15) is 9.59 Å². The fourth-order valence-corrected chi connectivity index (χ4v) is 3.95. The van der Waals surface area contributed by atoms with Crippen LogP contribution in [0.25, 0.3) is 0 Å². The number of methoxy groups -OCH3 is 1. The average Bonchev–Trinajstić information content (AvgIpc) is 2.77. The molecule has 0 fully saturated rings. The normalized spacial score (nSPS) is 11.9. The molecular weight excluding hydrogens is 484 g/mol. The number of hydrogen-bond acceptors (Lipinski definition) is 4. The molecular formula is C26H35BrN2O4. The Bertz CT molecular complexity index is 928. The predicted octanol–water partition coefficient (Wildman–Crippen LogP) is 5.29. The quantitative estimate of drug-likeness (QED) is 0.438. The molecule has 180 valence electrons. The largest absolute Gasteiger partial charge is 0.497 e. The molecule has 1 atom stereocenters. The lowest BCUT2D eigenvalue weighted by molar-refractivity contribution is -0.143. The predicted molar refractivity (Wildman–Crippen MR) is 135 cm³/mol. The molecule has 2 aromatic rings. The van der Waals surface area contributed by atoms with Gasteiger partial charge < -0.3 is 19.7 Å². The minimum atomic E-state index is -0.600. The number of carbonyl (C=O) groups excluding carboxylic acids is 2. The number of benzene rings is 2. The fraction of sp³-hybridized carbons (Fsp3) is 0.462. The third kappa shape index (κ3) is 7.77. The maximum Gasteiger partial charge on any atom is 0.261 e. The maximum absolute atomic E-state index is 13.3. The van der Waals surface area contributed by atoms with Gasteiger partial charge in [0.1, 0.15) is 17.5 Å². The molecule has 0 saturated carbocycles. The Balaban J connectivity index is 2.23. The molecule has 0 heterocycles. The van der Waals surface area contributed by atoms with Crippen LogP contribution in [0.5, 0.6) is 11.5 Å². The molecule has 0 bridgehead atoms. The van der Waals surface area contributed by atoms with E-state index in [1.165, 1.54) is 5.56 Å². The zero-order valence-electron chi connectivity index (χ0n) is 20.4. The fourth-order valence-electron chi connectivity index (χ4n) is 3.44. The van der Waals surface area contributed by atoms with Crippen molar-refractivity contribution in [1.29, 1.82) is 0 Å². The minimum Gasteiger partial charge on any atom is -0.497 e. The topological polar surface area (TPSA) is 67.9 Å². The Morgan fingerprint density at radius 2 is 1.73 bits per heavy atom. The van der Waals surface area contributed by atoms with E-state index in [1.807, 2.05) is 63.2 Å². The summed E-state index contributed by atoms with van der Waals surface area (Å²) in [5, 5.41) is 2.93. The van der Waals surface area contributed by atoms with Gasteiger partial charge in [-0.05, 0) is 77.5 Å². The molecule has 0 aromatic heterocycles. The third-order valence-electron chi connectivity index (χ3n) is 5.30. The number of nitrogens with one attached hydrogen (secondary N) is 1. The van der Waals surface area contributed by atoms with Crippen molar-refractivity contribution in [2.24, 2.45) is 0 Å². The lowest BCUT2D eigenvalue weighted by atomic mass is 10.0. The van der Waals surface area contributed by atoms with Gasteiger partial charge in [0, 0.05) is 12.6 Å². The van der Waals surface area contributed by atoms with Crippen LogP contribution in [-0.2, 0) is 16.1 Å². The van der Waals surface area contributed by atoms with Crippen molar-refractivity contribution in [1.82, 2.24) is 10.2 Å². The molecule has 1 N–H and O–H groups in total. The zero-order chi connectivity index (χ0) is 24.5. The van der Waals surface area contributed by atoms with Crippen LogP contribution in [0.3, 0.4) is 0 Å². The van der Waals surface area contributed by atoms with Gasteiger partial charge in [0.05, 0.1) is 11.6 Å². The molecule has 2 aromatic carbocycles. The number of halogens is 1. The second kappa shape index (κ2) is 12.6. The first-order valence-electron chi connectivity index (χ1n) is 11.3. The third-order valence-corrected chi connectivity index (χ3v) is 5.92. The number of carbonyl (C=O) groups is 2. The summed E-state index contributed by atoms with van der Waals surface area (Å²) in [4.78, 5) is 27.8. The van der Waals surface area contributed by atoms with Crippen LogP contribution in [0, 0.1) is 0 Å². The molecule has 0 spiro atoms. The van der Waals surface area contributed by atoms with Crippen molar-refractivity contribution < 1.29 is 19.1 Å². The van der Waals surface area contributed by atoms with E-state index in [0.717, 1.165) is 15.8 Å². The van der Waals surface area contributed by atoms with Gasteiger partial charge >= 0.3 is 0 Å². The zero-order valence-corrected chi connectivity index (χ0v) is 21.9. The Labute approximate surface area is 205 Å². The Morgan fingerprint density at radius 1 is 1.06 bits per heavy atom. The van der Waals surface area contributed by atoms with Gasteiger partial charge in [-0.2, -0.15) is 0 Å². The van der Waals surface area contributed by atoms with E-state index in [-0.39, 0.29) is 24.5 Å². The van der Waals surface area contributed by atoms with Crippen LogP contribution in [-0.4, -0.2) is 42.5 Å². The highest BCUT2D eigenvalue weighted by Gasteiger charge is 2.29. The molecule has 2 amide bonds. The van der Waals surface area contributed by atoms with Crippen LogP contribution in [0.2, 0.25) is 0 Å². The molecule has 6 nitrogen and oxygen atoms in total. The summed E-state index contributed by atoms with van der Waals surface area (Å²) in [5.41, 5.74) is 2.08. The van der Waals surface area contributed by atoms with Crippen LogP contribution in [0.4, 0.5) is 0 Å². The van der Waals surface area contributed by atoms with Gasteiger partial charge in [-0.1, -0.05) is 39.0 Å². The summed E-state index contributed by atoms with van der Waals surface area (Å²) in [6.45, 7) is 10.1. The number of hydrogen-bond donors (Lipinski definition) is 1. The lowest BCUT2D eigenvalue weighted by Crippen LogP contribution is -2.51. The standard InChI is InChI=1S/C26H35BrN2O4/c1-7-23(26(31)28-18(4)5)29(15-19-8-11-21(32-6)12-9-19)25(30)16-33-24-13-10-20(17(2)3)14-22(24)27/h8-14,17-18,23H,7,15-16H2,1-6H3,(H,28,31)/t23-/m1/s1. The molecule has 2 rings (SSSR count). The van der Waals surface area contributed by atoms with Crippen molar-refractivity contribution in [3.63, 3.8) is 0 Å². The Hall–Kier alpha value is -2.54. The monoisotopic (exact) mass is 518 g/mol. The van der Waals surface area contributed by atoms with E-state index < -0.39 is 6.04 Å². The highest BCUT2D eigenvalue weighted by atomic mass is 79.9. The summed E-state index contributed by atoms with van der Waals surface area (Å²) in [6.07, 6.45) is 0.493. The molecule has 7 heteroatoms. The summed E-state index contributed by atoms with van der Waals surface area (Å²) in [5.74, 6) is 1.30. The molecule has 0 saturated heterocycles. The molecule has 0 aliphatic heterocycles. The van der Waals surface area contributed by atoms with E-state index in [1.54, 1.807) is 12.0 Å². The molecule has 0 unspecified atom stereocenters. The SMILES string of the molecule is CC[C@H](C(=O)NC(C)C)N(Cc1ccc(OC)cc1)C(=O)COc1ccc(C(C)C)cc1Br. The van der Waals surface area contributed by atoms with Crippen molar-refractivity contribution in [3.8, 4) is 11.5 Å². The van der Waals surface area contributed by atoms with Crippen LogP contribution < -0.4 is 14.8 Å². The number of nitrogens with zero attached hydrogens (tertiary/aromatic N) is 1. The minimum absolute atomic E-state index is 0.0174. The van der Waals surface area contributed by atoms with Gasteiger partial charge in [-0.3, -0.25) is 9.59 Å². The van der Waals surface area contributed by atoms with Gasteiger partial charge in [-0.15, -0.1) is 0 Å². The van der Waals surface area contributed by atoms with Gasteiger partial charge in [0.2, 0.25) is 5.91 Å². The van der Waals surface area contributed by atoms with Crippen molar-refractivity contribution in [2.45, 2.75) is 65.6 Å². The van der Waals surface area contributed by atoms with Crippen molar-refractivity contribution in [2.75, 3.05) is 13.7 Å². The van der Waals surface area contributed by atoms with Crippen molar-refractivity contribution >= 4 is 27.7 Å². The highest BCUT2D eigenvalue weighted by molar-refractivity contribution is 9.10. The van der Waals surface area contributed by atoms with E-state index >= 15 is 0 Å². The summed E-state index contributed by atoms with van der Waals surface area (Å²) < 4.78 is 11.9. The van der Waals surface area contributed by atoms with Gasteiger partial charge in [0.25, 0.3) is 5.91 Å². The summed E-state index contributed by atoms with van der Waals surface area (Å²) in [6, 6.07) is 12.7. The second-order valence-electron chi connectivity index (χ2n) is 8.59. The van der Waals surface area contributed by atoms with Gasteiger partial charge in [-0.25, -0.2) is 0 Å². The highest BCUT2D eigenvalue weighted by Crippen LogP contribution is 2.29.